The lowest BCUT2D eigenvalue weighted by Gasteiger charge is -2.03. The molecule has 0 bridgehead atoms. The minimum absolute atomic E-state index is 0.649. The van der Waals surface area contributed by atoms with E-state index in [1.807, 2.05) is 39.0 Å². The van der Waals surface area contributed by atoms with Crippen molar-refractivity contribution in [3.05, 3.63) is 35.7 Å². The molecular formula is C10H13NO. The number of rotatable bonds is 2. The maximum Gasteiger partial charge on any atom is 0.218 e. The zero-order valence-electron chi connectivity index (χ0n) is 7.66. The van der Waals surface area contributed by atoms with Crippen LogP contribution < -0.4 is 4.74 Å². The molecule has 0 aliphatic carbocycles. The quantitative estimate of drug-likeness (QED) is 0.625. The van der Waals surface area contributed by atoms with Crippen molar-refractivity contribution < 1.29 is 4.74 Å². The zero-order valence-corrected chi connectivity index (χ0v) is 7.66. The maximum atomic E-state index is 5.37. The first-order valence-corrected chi connectivity index (χ1v) is 3.96. The second-order valence-electron chi connectivity index (χ2n) is 2.68. The van der Waals surface area contributed by atoms with Crippen LogP contribution in [0.4, 0.5) is 0 Å². The number of ether oxygens (including phenoxy) is 1. The first-order valence-electron chi connectivity index (χ1n) is 3.96. The largest absolute Gasteiger partial charge is 0.444 e. The smallest absolute Gasteiger partial charge is 0.218 e. The van der Waals surface area contributed by atoms with E-state index in [0.29, 0.717) is 5.88 Å². The number of aromatic nitrogens is 1. The lowest BCUT2D eigenvalue weighted by Crippen LogP contribution is -1.92. The van der Waals surface area contributed by atoms with E-state index in [4.69, 9.17) is 4.74 Å². The van der Waals surface area contributed by atoms with Gasteiger partial charge in [-0.15, -0.1) is 0 Å². The van der Waals surface area contributed by atoms with Crippen LogP contribution in [0.25, 0.3) is 0 Å². The van der Waals surface area contributed by atoms with E-state index in [1.54, 1.807) is 6.20 Å². The van der Waals surface area contributed by atoms with Gasteiger partial charge in [-0.3, -0.25) is 0 Å². The SMILES string of the molecule is CC=C(C)Oc1ccc(C)cn1. The average Bonchev–Trinajstić information content (AvgIpc) is 2.09. The van der Waals surface area contributed by atoms with Gasteiger partial charge in [-0.1, -0.05) is 6.07 Å². The zero-order chi connectivity index (χ0) is 8.97. The van der Waals surface area contributed by atoms with E-state index in [0.717, 1.165) is 11.3 Å². The number of nitrogens with zero attached hydrogens (tertiary/aromatic N) is 1. The molecule has 0 fully saturated rings. The Bertz CT molecular complexity index is 274. The summed E-state index contributed by atoms with van der Waals surface area (Å²) < 4.78 is 5.37. The highest BCUT2D eigenvalue weighted by Gasteiger charge is 1.94. The molecule has 1 heterocycles. The first-order chi connectivity index (χ1) is 5.72. The molecule has 1 aromatic heterocycles. The Balaban J connectivity index is 2.71. The lowest BCUT2D eigenvalue weighted by atomic mass is 10.3. The van der Waals surface area contributed by atoms with Crippen molar-refractivity contribution in [2.45, 2.75) is 20.8 Å². The molecule has 0 N–H and O–H groups in total. The molecule has 12 heavy (non-hydrogen) atoms. The molecule has 0 radical (unpaired) electrons. The highest BCUT2D eigenvalue weighted by Crippen LogP contribution is 2.09. The van der Waals surface area contributed by atoms with Crippen LogP contribution >= 0.6 is 0 Å². The van der Waals surface area contributed by atoms with Gasteiger partial charge in [-0.05, 0) is 32.4 Å². The van der Waals surface area contributed by atoms with Crippen LogP contribution in [0, 0.1) is 6.92 Å². The fourth-order valence-corrected chi connectivity index (χ4v) is 0.738. The molecule has 0 saturated heterocycles. The third-order valence-corrected chi connectivity index (χ3v) is 1.56. The molecule has 1 rings (SSSR count). The maximum absolute atomic E-state index is 5.37. The summed E-state index contributed by atoms with van der Waals surface area (Å²) in [6.45, 7) is 5.84. The van der Waals surface area contributed by atoms with Crippen molar-refractivity contribution >= 4 is 0 Å². The molecule has 0 aliphatic heterocycles. The minimum atomic E-state index is 0.649. The standard InChI is InChI=1S/C10H13NO/c1-4-9(3)12-10-6-5-8(2)7-11-10/h4-7H,1-3H3. The molecule has 1 aromatic rings. The third-order valence-electron chi connectivity index (χ3n) is 1.56. The van der Waals surface area contributed by atoms with E-state index in [2.05, 4.69) is 4.98 Å². The molecule has 0 amide bonds. The Morgan fingerprint density at radius 3 is 2.75 bits per heavy atom. The normalized spacial score (nSPS) is 11.4. The van der Waals surface area contributed by atoms with Crippen molar-refractivity contribution in [2.75, 3.05) is 0 Å². The van der Waals surface area contributed by atoms with Gasteiger partial charge in [0.2, 0.25) is 5.88 Å². The summed E-state index contributed by atoms with van der Waals surface area (Å²) in [5, 5.41) is 0. The molecule has 0 unspecified atom stereocenters. The molecule has 0 saturated carbocycles. The molecule has 2 heteroatoms. The molecule has 0 spiro atoms. The van der Waals surface area contributed by atoms with Crippen LogP contribution in [-0.2, 0) is 0 Å². The van der Waals surface area contributed by atoms with Gasteiger partial charge in [0.15, 0.2) is 0 Å². The number of aryl methyl sites for hydroxylation is 1. The number of pyridine rings is 1. The molecule has 0 aromatic carbocycles. The van der Waals surface area contributed by atoms with Crippen LogP contribution in [0.3, 0.4) is 0 Å². The molecule has 0 atom stereocenters. The summed E-state index contributed by atoms with van der Waals surface area (Å²) in [6.07, 6.45) is 3.69. The van der Waals surface area contributed by atoms with Crippen LogP contribution in [0.15, 0.2) is 30.2 Å². The van der Waals surface area contributed by atoms with E-state index in [1.165, 1.54) is 0 Å². The van der Waals surface area contributed by atoms with E-state index in [9.17, 15) is 0 Å². The molecule has 0 aliphatic rings. The van der Waals surface area contributed by atoms with E-state index >= 15 is 0 Å². The summed E-state index contributed by atoms with van der Waals surface area (Å²) in [6, 6.07) is 3.84. The Morgan fingerprint density at radius 1 is 1.50 bits per heavy atom. The fraction of sp³-hybridized carbons (Fsp3) is 0.300. The topological polar surface area (TPSA) is 22.1 Å². The van der Waals surface area contributed by atoms with Crippen molar-refractivity contribution in [3.63, 3.8) is 0 Å². The summed E-state index contributed by atoms with van der Waals surface area (Å²) in [5.74, 6) is 1.52. The van der Waals surface area contributed by atoms with Crippen molar-refractivity contribution in [3.8, 4) is 5.88 Å². The summed E-state index contributed by atoms with van der Waals surface area (Å²) in [5.41, 5.74) is 1.14. The number of allylic oxidation sites excluding steroid dienone is 2. The summed E-state index contributed by atoms with van der Waals surface area (Å²) in [7, 11) is 0. The van der Waals surface area contributed by atoms with Crippen molar-refractivity contribution in [1.29, 1.82) is 0 Å². The lowest BCUT2D eigenvalue weighted by molar-refractivity contribution is 0.410. The van der Waals surface area contributed by atoms with Gasteiger partial charge in [0.05, 0.1) is 5.76 Å². The van der Waals surface area contributed by atoms with Gasteiger partial charge in [0.1, 0.15) is 0 Å². The van der Waals surface area contributed by atoms with Crippen LogP contribution in [0.5, 0.6) is 5.88 Å². The van der Waals surface area contributed by atoms with Gasteiger partial charge in [0, 0.05) is 12.3 Å². The minimum Gasteiger partial charge on any atom is -0.444 e. The highest BCUT2D eigenvalue weighted by atomic mass is 16.5. The van der Waals surface area contributed by atoms with Crippen LogP contribution in [-0.4, -0.2) is 4.98 Å². The second kappa shape index (κ2) is 3.90. The average molecular weight is 163 g/mol. The van der Waals surface area contributed by atoms with Crippen molar-refractivity contribution in [2.24, 2.45) is 0 Å². The summed E-state index contributed by atoms with van der Waals surface area (Å²) in [4.78, 5) is 4.10. The molecular weight excluding hydrogens is 150 g/mol. The van der Waals surface area contributed by atoms with Gasteiger partial charge in [-0.25, -0.2) is 4.98 Å². The Hall–Kier alpha value is -1.31. The summed E-state index contributed by atoms with van der Waals surface area (Å²) >= 11 is 0. The van der Waals surface area contributed by atoms with Gasteiger partial charge >= 0.3 is 0 Å². The van der Waals surface area contributed by atoms with Crippen molar-refractivity contribution in [1.82, 2.24) is 4.98 Å². The van der Waals surface area contributed by atoms with Gasteiger partial charge < -0.3 is 4.74 Å². The monoisotopic (exact) mass is 163 g/mol. The number of hydrogen-bond acceptors (Lipinski definition) is 2. The number of hydrogen-bond donors (Lipinski definition) is 0. The fourth-order valence-electron chi connectivity index (χ4n) is 0.738. The van der Waals surface area contributed by atoms with Crippen LogP contribution in [0.1, 0.15) is 19.4 Å². The van der Waals surface area contributed by atoms with Crippen LogP contribution in [0.2, 0.25) is 0 Å². The Morgan fingerprint density at radius 2 is 2.25 bits per heavy atom. The molecule has 64 valence electrons. The predicted molar refractivity (Wildman–Crippen MR) is 49.0 cm³/mol. The van der Waals surface area contributed by atoms with Gasteiger partial charge in [-0.2, -0.15) is 0 Å². The first kappa shape index (κ1) is 8.78. The highest BCUT2D eigenvalue weighted by molar-refractivity contribution is 5.17. The Labute approximate surface area is 72.9 Å². The Kier molecular flexibility index (Phi) is 2.86. The predicted octanol–water partition coefficient (Wildman–Crippen LogP) is 2.69. The van der Waals surface area contributed by atoms with E-state index in [-0.39, 0.29) is 0 Å². The van der Waals surface area contributed by atoms with Gasteiger partial charge in [0.25, 0.3) is 0 Å². The third kappa shape index (κ3) is 2.38. The second-order valence-corrected chi connectivity index (χ2v) is 2.68. The molecule has 2 nitrogen and oxygen atoms in total. The van der Waals surface area contributed by atoms with E-state index < -0.39 is 0 Å².